The second-order valence-electron chi connectivity index (χ2n) is 4.73. The zero-order valence-electron chi connectivity index (χ0n) is 10.5. The first-order valence-corrected chi connectivity index (χ1v) is 5.68. The van der Waals surface area contributed by atoms with E-state index in [-0.39, 0.29) is 5.54 Å². The van der Waals surface area contributed by atoms with Gasteiger partial charge in [-0.25, -0.2) is 9.97 Å². The van der Waals surface area contributed by atoms with Gasteiger partial charge in [-0.15, -0.1) is 0 Å². The lowest BCUT2D eigenvalue weighted by molar-refractivity contribution is 0.218. The van der Waals surface area contributed by atoms with Crippen molar-refractivity contribution in [1.29, 1.82) is 0 Å². The SMILES string of the molecule is CCC(C)(N)COc1cc(C(C)C)ncn1. The fourth-order valence-corrected chi connectivity index (χ4v) is 1.09. The zero-order chi connectivity index (χ0) is 12.2. The van der Waals surface area contributed by atoms with Gasteiger partial charge in [0.25, 0.3) is 0 Å². The quantitative estimate of drug-likeness (QED) is 0.830. The minimum atomic E-state index is -0.303. The summed E-state index contributed by atoms with van der Waals surface area (Å²) in [4.78, 5) is 8.25. The molecule has 0 aliphatic heterocycles. The van der Waals surface area contributed by atoms with E-state index in [9.17, 15) is 0 Å². The van der Waals surface area contributed by atoms with E-state index in [0.717, 1.165) is 12.1 Å². The molecule has 4 nitrogen and oxygen atoms in total. The normalized spacial score (nSPS) is 14.9. The van der Waals surface area contributed by atoms with Crippen molar-refractivity contribution in [3.63, 3.8) is 0 Å². The lowest BCUT2D eigenvalue weighted by Gasteiger charge is -2.22. The van der Waals surface area contributed by atoms with E-state index in [0.29, 0.717) is 18.4 Å². The molecule has 0 aliphatic rings. The number of ether oxygens (including phenoxy) is 1. The zero-order valence-corrected chi connectivity index (χ0v) is 10.5. The van der Waals surface area contributed by atoms with Crippen LogP contribution in [-0.4, -0.2) is 22.1 Å². The predicted molar refractivity (Wildman–Crippen MR) is 64.5 cm³/mol. The van der Waals surface area contributed by atoms with Gasteiger partial charge in [-0.2, -0.15) is 0 Å². The third kappa shape index (κ3) is 3.77. The van der Waals surface area contributed by atoms with Crippen molar-refractivity contribution in [2.24, 2.45) is 5.73 Å². The fraction of sp³-hybridized carbons (Fsp3) is 0.667. The molecule has 1 aromatic rings. The van der Waals surface area contributed by atoms with Crippen LogP contribution in [0.15, 0.2) is 12.4 Å². The average molecular weight is 223 g/mol. The van der Waals surface area contributed by atoms with Crippen molar-refractivity contribution in [1.82, 2.24) is 9.97 Å². The van der Waals surface area contributed by atoms with E-state index in [1.54, 1.807) is 0 Å². The maximum atomic E-state index is 5.99. The number of nitrogens with two attached hydrogens (primary N) is 1. The van der Waals surface area contributed by atoms with Crippen molar-refractivity contribution >= 4 is 0 Å². The van der Waals surface area contributed by atoms with Crippen LogP contribution in [0.4, 0.5) is 0 Å². The van der Waals surface area contributed by atoms with Crippen LogP contribution in [0.25, 0.3) is 0 Å². The Bertz CT molecular complexity index is 337. The van der Waals surface area contributed by atoms with Crippen LogP contribution >= 0.6 is 0 Å². The molecule has 0 saturated carbocycles. The first-order valence-electron chi connectivity index (χ1n) is 5.68. The van der Waals surface area contributed by atoms with Crippen LogP contribution in [0.1, 0.15) is 45.7 Å². The summed E-state index contributed by atoms with van der Waals surface area (Å²) in [6.45, 7) is 8.66. The lowest BCUT2D eigenvalue weighted by Crippen LogP contribution is -2.41. The van der Waals surface area contributed by atoms with Crippen molar-refractivity contribution in [3.05, 3.63) is 18.1 Å². The van der Waals surface area contributed by atoms with Gasteiger partial charge in [-0.3, -0.25) is 0 Å². The minimum absolute atomic E-state index is 0.303. The second-order valence-corrected chi connectivity index (χ2v) is 4.73. The molecule has 2 N–H and O–H groups in total. The Kier molecular flexibility index (Phi) is 4.24. The Morgan fingerprint density at radius 1 is 1.44 bits per heavy atom. The topological polar surface area (TPSA) is 61.0 Å². The number of hydrogen-bond donors (Lipinski definition) is 1. The molecule has 16 heavy (non-hydrogen) atoms. The van der Waals surface area contributed by atoms with E-state index in [4.69, 9.17) is 10.5 Å². The molecule has 1 atom stereocenters. The van der Waals surface area contributed by atoms with Gasteiger partial charge in [-0.1, -0.05) is 20.8 Å². The van der Waals surface area contributed by atoms with Gasteiger partial charge >= 0.3 is 0 Å². The molecule has 0 fully saturated rings. The van der Waals surface area contributed by atoms with Gasteiger partial charge in [-0.05, 0) is 19.3 Å². The van der Waals surface area contributed by atoms with Crippen molar-refractivity contribution in [2.75, 3.05) is 6.61 Å². The summed E-state index contributed by atoms with van der Waals surface area (Å²) in [6.07, 6.45) is 2.40. The first-order chi connectivity index (χ1) is 7.44. The molecule has 1 aromatic heterocycles. The third-order valence-electron chi connectivity index (χ3n) is 2.61. The largest absolute Gasteiger partial charge is 0.476 e. The molecule has 1 rings (SSSR count). The van der Waals surface area contributed by atoms with E-state index in [2.05, 4.69) is 23.8 Å². The number of rotatable bonds is 5. The lowest BCUT2D eigenvalue weighted by atomic mass is 10.0. The van der Waals surface area contributed by atoms with Crippen molar-refractivity contribution < 1.29 is 4.74 Å². The molecule has 0 radical (unpaired) electrons. The van der Waals surface area contributed by atoms with E-state index in [1.807, 2.05) is 19.9 Å². The summed E-state index contributed by atoms with van der Waals surface area (Å²) < 4.78 is 5.58. The molecular formula is C12H21N3O. The third-order valence-corrected chi connectivity index (χ3v) is 2.61. The first kappa shape index (κ1) is 12.9. The van der Waals surface area contributed by atoms with Crippen LogP contribution in [0, 0.1) is 0 Å². The van der Waals surface area contributed by atoms with Crippen LogP contribution < -0.4 is 10.5 Å². The highest BCUT2D eigenvalue weighted by molar-refractivity contribution is 5.16. The van der Waals surface area contributed by atoms with Gasteiger partial charge in [0.05, 0.1) is 5.69 Å². The molecule has 4 heteroatoms. The fourth-order valence-electron chi connectivity index (χ4n) is 1.09. The molecule has 0 spiro atoms. The molecule has 0 aromatic carbocycles. The molecule has 0 amide bonds. The Balaban J connectivity index is 2.64. The highest BCUT2D eigenvalue weighted by atomic mass is 16.5. The van der Waals surface area contributed by atoms with Crippen molar-refractivity contribution in [3.8, 4) is 5.88 Å². The summed E-state index contributed by atoms with van der Waals surface area (Å²) in [5, 5.41) is 0. The highest BCUT2D eigenvalue weighted by Gasteiger charge is 2.17. The van der Waals surface area contributed by atoms with Crippen LogP contribution in [0.2, 0.25) is 0 Å². The van der Waals surface area contributed by atoms with Crippen molar-refractivity contribution in [2.45, 2.75) is 45.6 Å². The predicted octanol–water partition coefficient (Wildman–Crippen LogP) is 2.11. The van der Waals surface area contributed by atoms with Crippen LogP contribution in [0.3, 0.4) is 0 Å². The molecule has 1 heterocycles. The molecule has 0 aliphatic carbocycles. The minimum Gasteiger partial charge on any atom is -0.476 e. The van der Waals surface area contributed by atoms with Gasteiger partial charge in [0.1, 0.15) is 12.9 Å². The average Bonchev–Trinajstić information content (AvgIpc) is 2.27. The highest BCUT2D eigenvalue weighted by Crippen LogP contribution is 2.16. The van der Waals surface area contributed by atoms with Gasteiger partial charge in [0.2, 0.25) is 5.88 Å². The standard InChI is InChI=1S/C12H21N3O/c1-5-12(4,13)7-16-11-6-10(9(2)3)14-8-15-11/h6,8-9H,5,7,13H2,1-4H3. The number of nitrogens with zero attached hydrogens (tertiary/aromatic N) is 2. The van der Waals surface area contributed by atoms with E-state index >= 15 is 0 Å². The van der Waals surface area contributed by atoms with Crippen LogP contribution in [0.5, 0.6) is 5.88 Å². The summed E-state index contributed by atoms with van der Waals surface area (Å²) in [6, 6.07) is 1.87. The van der Waals surface area contributed by atoms with Crippen LogP contribution in [-0.2, 0) is 0 Å². The van der Waals surface area contributed by atoms with E-state index < -0.39 is 0 Å². The molecule has 0 saturated heterocycles. The maximum absolute atomic E-state index is 5.99. The van der Waals surface area contributed by atoms with Gasteiger partial charge in [0, 0.05) is 11.6 Å². The smallest absolute Gasteiger partial charge is 0.216 e. The Morgan fingerprint density at radius 2 is 2.12 bits per heavy atom. The summed E-state index contributed by atoms with van der Waals surface area (Å²) in [5.41, 5.74) is 6.68. The molecule has 1 unspecified atom stereocenters. The Labute approximate surface area is 97.2 Å². The molecule has 0 bridgehead atoms. The van der Waals surface area contributed by atoms with E-state index in [1.165, 1.54) is 6.33 Å². The Morgan fingerprint density at radius 3 is 2.69 bits per heavy atom. The van der Waals surface area contributed by atoms with Gasteiger partial charge < -0.3 is 10.5 Å². The van der Waals surface area contributed by atoms with Gasteiger partial charge in [0.15, 0.2) is 0 Å². The summed E-state index contributed by atoms with van der Waals surface area (Å²) in [7, 11) is 0. The monoisotopic (exact) mass is 223 g/mol. The Hall–Kier alpha value is -1.16. The molecular weight excluding hydrogens is 202 g/mol. The summed E-state index contributed by atoms with van der Waals surface area (Å²) >= 11 is 0. The number of aromatic nitrogens is 2. The maximum Gasteiger partial charge on any atom is 0.216 e. The number of hydrogen-bond acceptors (Lipinski definition) is 4. The molecule has 90 valence electrons. The summed E-state index contributed by atoms with van der Waals surface area (Å²) in [5.74, 6) is 0.976. The second kappa shape index (κ2) is 5.25.